The van der Waals surface area contributed by atoms with Gasteiger partial charge in [-0.05, 0) is 18.2 Å². The summed E-state index contributed by atoms with van der Waals surface area (Å²) < 4.78 is 5.39. The number of likely N-dealkylation sites (N-methyl/N-ethyl adjacent to an activating group) is 1. The highest BCUT2D eigenvalue weighted by Crippen LogP contribution is 2.21. The van der Waals surface area contributed by atoms with Crippen molar-refractivity contribution in [2.75, 3.05) is 26.7 Å². The van der Waals surface area contributed by atoms with E-state index in [1.807, 2.05) is 12.1 Å². The van der Waals surface area contributed by atoms with Crippen LogP contribution in [0.2, 0.25) is 5.02 Å². The van der Waals surface area contributed by atoms with Crippen molar-refractivity contribution in [3.63, 3.8) is 0 Å². The number of nitrogens with one attached hydrogen (secondary N) is 2. The van der Waals surface area contributed by atoms with E-state index in [0.29, 0.717) is 29.6 Å². The average Bonchev–Trinajstić information content (AvgIpc) is 3.11. The monoisotopic (exact) mass is 348 g/mol. The van der Waals surface area contributed by atoms with Crippen LogP contribution in [-0.2, 0) is 9.53 Å². The van der Waals surface area contributed by atoms with Crippen LogP contribution in [0.4, 0.5) is 0 Å². The van der Waals surface area contributed by atoms with Crippen LogP contribution < -0.4 is 5.32 Å². The van der Waals surface area contributed by atoms with Gasteiger partial charge in [-0.25, -0.2) is 0 Å². The molecule has 1 aliphatic rings. The molecule has 2 aromatic rings. The number of benzene rings is 1. The van der Waals surface area contributed by atoms with E-state index >= 15 is 0 Å². The number of nitrogens with zero attached hydrogens (tertiary/aromatic N) is 2. The lowest BCUT2D eigenvalue weighted by Crippen LogP contribution is -2.51. The fraction of sp³-hybridized carbons (Fsp3) is 0.312. The third kappa shape index (κ3) is 3.42. The van der Waals surface area contributed by atoms with E-state index in [4.69, 9.17) is 16.3 Å². The SMILES string of the molecule is CNC(=O)C1CN(C(=O)c2cc(-c3ccc(Cl)cc3)n[nH]2)CCO1. The van der Waals surface area contributed by atoms with Crippen molar-refractivity contribution in [1.82, 2.24) is 20.4 Å². The Labute approximate surface area is 143 Å². The summed E-state index contributed by atoms with van der Waals surface area (Å²) in [5.74, 6) is -0.445. The first kappa shape index (κ1) is 16.5. The number of ether oxygens (including phenoxy) is 1. The molecule has 0 radical (unpaired) electrons. The molecule has 0 bridgehead atoms. The summed E-state index contributed by atoms with van der Waals surface area (Å²) in [7, 11) is 1.54. The Balaban J connectivity index is 1.73. The molecule has 2 heterocycles. The zero-order chi connectivity index (χ0) is 17.1. The molecule has 2 N–H and O–H groups in total. The third-order valence-corrected chi connectivity index (χ3v) is 4.09. The first-order chi connectivity index (χ1) is 11.6. The zero-order valence-electron chi connectivity index (χ0n) is 13.1. The van der Waals surface area contributed by atoms with E-state index in [2.05, 4.69) is 15.5 Å². The molecule has 126 valence electrons. The minimum absolute atomic E-state index is 0.208. The Bertz CT molecular complexity index is 744. The number of hydrogen-bond acceptors (Lipinski definition) is 4. The van der Waals surface area contributed by atoms with Gasteiger partial charge in [-0.1, -0.05) is 23.7 Å². The van der Waals surface area contributed by atoms with Crippen LogP contribution in [-0.4, -0.2) is 59.8 Å². The molecule has 0 aliphatic carbocycles. The summed E-state index contributed by atoms with van der Waals surface area (Å²) in [4.78, 5) is 25.9. The summed E-state index contributed by atoms with van der Waals surface area (Å²) in [6.45, 7) is 0.970. The molecule has 3 rings (SSSR count). The summed E-state index contributed by atoms with van der Waals surface area (Å²) in [5, 5.41) is 10.1. The van der Waals surface area contributed by atoms with Gasteiger partial charge in [0.15, 0.2) is 6.10 Å². The van der Waals surface area contributed by atoms with Crippen molar-refractivity contribution in [2.45, 2.75) is 6.10 Å². The molecule has 7 nitrogen and oxygen atoms in total. The number of H-pyrrole nitrogens is 1. The lowest BCUT2D eigenvalue weighted by atomic mass is 10.1. The molecular weight excluding hydrogens is 332 g/mol. The molecule has 1 saturated heterocycles. The molecule has 1 unspecified atom stereocenters. The van der Waals surface area contributed by atoms with E-state index in [1.165, 1.54) is 0 Å². The molecular formula is C16H17ClN4O3. The number of morpholine rings is 1. The maximum Gasteiger partial charge on any atom is 0.272 e. The maximum atomic E-state index is 12.6. The summed E-state index contributed by atoms with van der Waals surface area (Å²) in [6.07, 6.45) is -0.647. The summed E-state index contributed by atoms with van der Waals surface area (Å²) in [6, 6.07) is 8.90. The van der Waals surface area contributed by atoms with Gasteiger partial charge in [0.2, 0.25) is 0 Å². The van der Waals surface area contributed by atoms with Crippen LogP contribution in [0.3, 0.4) is 0 Å². The van der Waals surface area contributed by atoms with Crippen LogP contribution in [0.1, 0.15) is 10.5 Å². The summed E-state index contributed by atoms with van der Waals surface area (Å²) in [5.41, 5.74) is 1.89. The molecule has 0 saturated carbocycles. The number of halogens is 1. The Hall–Kier alpha value is -2.38. The van der Waals surface area contributed by atoms with Gasteiger partial charge < -0.3 is 15.0 Å². The molecule has 1 fully saturated rings. The van der Waals surface area contributed by atoms with Crippen LogP contribution >= 0.6 is 11.6 Å². The molecule has 1 aromatic carbocycles. The smallest absolute Gasteiger partial charge is 0.272 e. The van der Waals surface area contributed by atoms with Crippen molar-refractivity contribution in [3.8, 4) is 11.3 Å². The number of amides is 2. The van der Waals surface area contributed by atoms with Gasteiger partial charge in [0, 0.05) is 24.2 Å². The van der Waals surface area contributed by atoms with Crippen molar-refractivity contribution in [3.05, 3.63) is 41.0 Å². The van der Waals surface area contributed by atoms with Gasteiger partial charge in [-0.3, -0.25) is 14.7 Å². The number of hydrogen-bond donors (Lipinski definition) is 2. The Morgan fingerprint density at radius 1 is 1.38 bits per heavy atom. The maximum absolute atomic E-state index is 12.6. The van der Waals surface area contributed by atoms with Crippen molar-refractivity contribution < 1.29 is 14.3 Å². The van der Waals surface area contributed by atoms with Crippen molar-refractivity contribution in [2.24, 2.45) is 0 Å². The van der Waals surface area contributed by atoms with Crippen LogP contribution in [0.5, 0.6) is 0 Å². The van der Waals surface area contributed by atoms with E-state index in [0.717, 1.165) is 5.56 Å². The predicted molar refractivity (Wildman–Crippen MR) is 88.7 cm³/mol. The predicted octanol–water partition coefficient (Wildman–Crippen LogP) is 1.32. The quantitative estimate of drug-likeness (QED) is 0.875. The molecule has 1 atom stereocenters. The number of carbonyl (C=O) groups excluding carboxylic acids is 2. The molecule has 8 heteroatoms. The second-order valence-corrected chi connectivity index (χ2v) is 5.84. The second-order valence-electron chi connectivity index (χ2n) is 5.40. The number of carbonyl (C=O) groups is 2. The van der Waals surface area contributed by atoms with Gasteiger partial charge >= 0.3 is 0 Å². The average molecular weight is 349 g/mol. The van der Waals surface area contributed by atoms with Gasteiger partial charge in [-0.2, -0.15) is 5.10 Å². The molecule has 0 spiro atoms. The van der Waals surface area contributed by atoms with Crippen LogP contribution in [0.25, 0.3) is 11.3 Å². The third-order valence-electron chi connectivity index (χ3n) is 3.84. The Kier molecular flexibility index (Phi) is 4.82. The second kappa shape index (κ2) is 7.02. The Morgan fingerprint density at radius 2 is 2.12 bits per heavy atom. The number of aromatic nitrogens is 2. The lowest BCUT2D eigenvalue weighted by molar-refractivity contribution is -0.136. The van der Waals surface area contributed by atoms with Gasteiger partial charge in [0.25, 0.3) is 11.8 Å². The highest BCUT2D eigenvalue weighted by molar-refractivity contribution is 6.30. The zero-order valence-corrected chi connectivity index (χ0v) is 13.8. The standard InChI is InChI=1S/C16H17ClN4O3/c1-18-15(22)14-9-21(6-7-24-14)16(23)13-8-12(19-20-13)10-2-4-11(17)5-3-10/h2-5,8,14H,6-7,9H2,1H3,(H,18,22)(H,19,20). The molecule has 1 aromatic heterocycles. The van der Waals surface area contributed by atoms with E-state index in [-0.39, 0.29) is 18.4 Å². The lowest BCUT2D eigenvalue weighted by Gasteiger charge is -2.31. The molecule has 2 amide bonds. The van der Waals surface area contributed by atoms with Gasteiger partial charge in [-0.15, -0.1) is 0 Å². The van der Waals surface area contributed by atoms with E-state index in [1.54, 1.807) is 30.1 Å². The van der Waals surface area contributed by atoms with Gasteiger partial charge in [0.05, 0.1) is 18.8 Å². The van der Waals surface area contributed by atoms with E-state index < -0.39 is 6.10 Å². The van der Waals surface area contributed by atoms with E-state index in [9.17, 15) is 9.59 Å². The fourth-order valence-corrected chi connectivity index (χ4v) is 2.65. The highest BCUT2D eigenvalue weighted by Gasteiger charge is 2.29. The summed E-state index contributed by atoms with van der Waals surface area (Å²) >= 11 is 5.87. The van der Waals surface area contributed by atoms with Gasteiger partial charge in [0.1, 0.15) is 5.69 Å². The molecule has 1 aliphatic heterocycles. The van der Waals surface area contributed by atoms with Crippen molar-refractivity contribution >= 4 is 23.4 Å². The first-order valence-electron chi connectivity index (χ1n) is 7.52. The molecule has 24 heavy (non-hydrogen) atoms. The van der Waals surface area contributed by atoms with Crippen molar-refractivity contribution in [1.29, 1.82) is 0 Å². The fourth-order valence-electron chi connectivity index (χ4n) is 2.52. The van der Waals surface area contributed by atoms with Crippen LogP contribution in [0, 0.1) is 0 Å². The number of rotatable bonds is 3. The minimum atomic E-state index is -0.647. The number of aromatic amines is 1. The minimum Gasteiger partial charge on any atom is -0.365 e. The largest absolute Gasteiger partial charge is 0.365 e. The topological polar surface area (TPSA) is 87.3 Å². The van der Waals surface area contributed by atoms with Crippen LogP contribution in [0.15, 0.2) is 30.3 Å². The highest BCUT2D eigenvalue weighted by atomic mass is 35.5. The first-order valence-corrected chi connectivity index (χ1v) is 7.90. The normalized spacial score (nSPS) is 17.6. The Morgan fingerprint density at radius 3 is 2.83 bits per heavy atom.